The van der Waals surface area contributed by atoms with E-state index in [2.05, 4.69) is 4.90 Å². The second-order valence-electron chi connectivity index (χ2n) is 7.23. The first kappa shape index (κ1) is 16.9. The number of amides is 1. The molecule has 0 aromatic heterocycles. The SMILES string of the molecule is O=C([C@@H]1C[C@@H]2OCC[C@@H]2N(Cc2ccc(F)cc2)C1)N1CCCCO1. The average molecular weight is 348 g/mol. The van der Waals surface area contributed by atoms with Crippen molar-refractivity contribution < 1.29 is 18.8 Å². The lowest BCUT2D eigenvalue weighted by molar-refractivity contribution is -0.204. The topological polar surface area (TPSA) is 42.0 Å². The molecular formula is C19H25FN2O3. The zero-order valence-electron chi connectivity index (χ0n) is 14.4. The van der Waals surface area contributed by atoms with Crippen molar-refractivity contribution in [3.63, 3.8) is 0 Å². The van der Waals surface area contributed by atoms with Gasteiger partial charge in [-0.05, 0) is 43.4 Å². The smallest absolute Gasteiger partial charge is 0.250 e. The molecule has 0 radical (unpaired) electrons. The Hall–Kier alpha value is -1.50. The molecule has 0 spiro atoms. The van der Waals surface area contributed by atoms with E-state index in [0.717, 1.165) is 44.4 Å². The average Bonchev–Trinajstić information content (AvgIpc) is 3.12. The van der Waals surface area contributed by atoms with Gasteiger partial charge in [-0.25, -0.2) is 9.45 Å². The van der Waals surface area contributed by atoms with Crippen LogP contribution < -0.4 is 0 Å². The number of nitrogens with zero attached hydrogens (tertiary/aromatic N) is 2. The van der Waals surface area contributed by atoms with Crippen molar-refractivity contribution in [3.8, 4) is 0 Å². The third-order valence-corrected chi connectivity index (χ3v) is 5.51. The molecule has 3 fully saturated rings. The molecule has 136 valence electrons. The summed E-state index contributed by atoms with van der Waals surface area (Å²) in [5, 5.41) is 1.56. The molecule has 0 saturated carbocycles. The van der Waals surface area contributed by atoms with Crippen LogP contribution in [-0.2, 0) is 20.9 Å². The minimum absolute atomic E-state index is 0.0813. The molecular weight excluding hydrogens is 323 g/mol. The van der Waals surface area contributed by atoms with Crippen molar-refractivity contribution in [2.45, 2.75) is 44.4 Å². The van der Waals surface area contributed by atoms with Gasteiger partial charge in [-0.2, -0.15) is 0 Å². The van der Waals surface area contributed by atoms with Crippen LogP contribution in [-0.4, -0.2) is 54.3 Å². The Bertz CT molecular complexity index is 603. The number of carbonyl (C=O) groups is 1. The lowest BCUT2D eigenvalue weighted by Crippen LogP contribution is -2.53. The summed E-state index contributed by atoms with van der Waals surface area (Å²) in [6.07, 6.45) is 3.88. The van der Waals surface area contributed by atoms with Crippen LogP contribution in [0.25, 0.3) is 0 Å². The van der Waals surface area contributed by atoms with Gasteiger partial charge in [0.1, 0.15) is 5.82 Å². The first-order valence-electron chi connectivity index (χ1n) is 9.25. The van der Waals surface area contributed by atoms with Crippen LogP contribution in [0, 0.1) is 11.7 Å². The molecule has 0 aliphatic carbocycles. The van der Waals surface area contributed by atoms with Gasteiger partial charge in [-0.15, -0.1) is 0 Å². The fraction of sp³-hybridized carbons (Fsp3) is 0.632. The summed E-state index contributed by atoms with van der Waals surface area (Å²) in [4.78, 5) is 20.7. The maximum absolute atomic E-state index is 13.2. The molecule has 1 aromatic carbocycles. The van der Waals surface area contributed by atoms with E-state index in [-0.39, 0.29) is 23.7 Å². The number of piperidine rings is 1. The normalized spacial score (nSPS) is 30.3. The first-order chi connectivity index (χ1) is 12.2. The molecule has 1 amide bonds. The number of halogens is 1. The zero-order valence-corrected chi connectivity index (χ0v) is 14.4. The third kappa shape index (κ3) is 3.71. The predicted molar refractivity (Wildman–Crippen MR) is 90.0 cm³/mol. The van der Waals surface area contributed by atoms with Crippen molar-refractivity contribution >= 4 is 5.91 Å². The number of benzene rings is 1. The van der Waals surface area contributed by atoms with Crippen LogP contribution in [0.5, 0.6) is 0 Å². The highest BCUT2D eigenvalue weighted by molar-refractivity contribution is 5.78. The highest BCUT2D eigenvalue weighted by Gasteiger charge is 2.43. The number of ether oxygens (including phenoxy) is 1. The summed E-state index contributed by atoms with van der Waals surface area (Å²) in [5.41, 5.74) is 1.06. The van der Waals surface area contributed by atoms with E-state index in [1.54, 1.807) is 5.06 Å². The number of hydroxylamine groups is 2. The summed E-state index contributed by atoms with van der Waals surface area (Å²) in [6, 6.07) is 6.97. The van der Waals surface area contributed by atoms with E-state index in [1.807, 2.05) is 12.1 Å². The van der Waals surface area contributed by atoms with Crippen molar-refractivity contribution in [1.82, 2.24) is 9.96 Å². The van der Waals surface area contributed by atoms with E-state index in [9.17, 15) is 9.18 Å². The Morgan fingerprint density at radius 2 is 2.04 bits per heavy atom. The summed E-state index contributed by atoms with van der Waals surface area (Å²) in [6.45, 7) is 3.48. The van der Waals surface area contributed by atoms with Crippen LogP contribution in [0.4, 0.5) is 4.39 Å². The molecule has 4 rings (SSSR count). The quantitative estimate of drug-likeness (QED) is 0.841. The molecule has 3 aliphatic heterocycles. The van der Waals surface area contributed by atoms with Crippen LogP contribution in [0.1, 0.15) is 31.2 Å². The monoisotopic (exact) mass is 348 g/mol. The Labute approximate surface area is 147 Å². The van der Waals surface area contributed by atoms with Crippen molar-refractivity contribution in [3.05, 3.63) is 35.6 Å². The van der Waals surface area contributed by atoms with Gasteiger partial charge in [-0.3, -0.25) is 14.5 Å². The number of hydrogen-bond acceptors (Lipinski definition) is 4. The summed E-state index contributed by atoms with van der Waals surface area (Å²) in [5.74, 6) is -0.240. The van der Waals surface area contributed by atoms with E-state index in [0.29, 0.717) is 25.7 Å². The molecule has 6 heteroatoms. The maximum atomic E-state index is 13.2. The van der Waals surface area contributed by atoms with Crippen LogP contribution in [0.3, 0.4) is 0 Å². The number of likely N-dealkylation sites (tertiary alicyclic amines) is 1. The lowest BCUT2D eigenvalue weighted by atomic mass is 9.89. The standard InChI is InChI=1S/C19H25FN2O3/c20-16-5-3-14(4-6-16)12-21-13-15(11-18-17(21)7-10-24-18)19(23)22-8-1-2-9-25-22/h3-6,15,17-18H,1-2,7-13H2/t15-,17+,18+/m1/s1. The van der Waals surface area contributed by atoms with Gasteiger partial charge < -0.3 is 4.74 Å². The van der Waals surface area contributed by atoms with E-state index >= 15 is 0 Å². The van der Waals surface area contributed by atoms with Gasteiger partial charge in [0, 0.05) is 32.3 Å². The second kappa shape index (κ2) is 7.40. The highest BCUT2D eigenvalue weighted by atomic mass is 19.1. The van der Waals surface area contributed by atoms with E-state index in [4.69, 9.17) is 9.57 Å². The Morgan fingerprint density at radius 3 is 2.80 bits per heavy atom. The van der Waals surface area contributed by atoms with Gasteiger partial charge >= 0.3 is 0 Å². The van der Waals surface area contributed by atoms with Gasteiger partial charge in [0.25, 0.3) is 5.91 Å². The minimum atomic E-state index is -0.222. The molecule has 25 heavy (non-hydrogen) atoms. The second-order valence-corrected chi connectivity index (χ2v) is 7.23. The third-order valence-electron chi connectivity index (χ3n) is 5.51. The molecule has 3 heterocycles. The molecule has 1 aromatic rings. The van der Waals surface area contributed by atoms with Crippen molar-refractivity contribution in [2.75, 3.05) is 26.3 Å². The number of fused-ring (bicyclic) bond motifs is 1. The van der Waals surface area contributed by atoms with Gasteiger partial charge in [0.15, 0.2) is 0 Å². The predicted octanol–water partition coefficient (Wildman–Crippen LogP) is 2.36. The number of rotatable bonds is 3. The molecule has 0 N–H and O–H groups in total. The van der Waals surface area contributed by atoms with E-state index in [1.165, 1.54) is 12.1 Å². The van der Waals surface area contributed by atoms with Gasteiger partial charge in [-0.1, -0.05) is 12.1 Å². The van der Waals surface area contributed by atoms with Crippen molar-refractivity contribution in [2.24, 2.45) is 5.92 Å². The fourth-order valence-corrected chi connectivity index (χ4v) is 4.21. The zero-order chi connectivity index (χ0) is 17.2. The molecule has 5 nitrogen and oxygen atoms in total. The molecule has 0 unspecified atom stereocenters. The minimum Gasteiger partial charge on any atom is -0.377 e. The van der Waals surface area contributed by atoms with E-state index < -0.39 is 0 Å². The molecule has 3 saturated heterocycles. The lowest BCUT2D eigenvalue weighted by Gasteiger charge is -2.41. The van der Waals surface area contributed by atoms with Crippen LogP contribution in [0.2, 0.25) is 0 Å². The largest absolute Gasteiger partial charge is 0.377 e. The Kier molecular flexibility index (Phi) is 5.01. The molecule has 0 bridgehead atoms. The highest BCUT2D eigenvalue weighted by Crippen LogP contribution is 2.33. The number of carbonyl (C=O) groups excluding carboxylic acids is 1. The Morgan fingerprint density at radius 1 is 1.20 bits per heavy atom. The maximum Gasteiger partial charge on any atom is 0.250 e. The first-order valence-corrected chi connectivity index (χ1v) is 9.25. The van der Waals surface area contributed by atoms with Crippen LogP contribution in [0.15, 0.2) is 24.3 Å². The summed E-state index contributed by atoms with van der Waals surface area (Å²) >= 11 is 0. The Balaban J connectivity index is 1.47. The van der Waals surface area contributed by atoms with Crippen molar-refractivity contribution in [1.29, 1.82) is 0 Å². The molecule has 3 aliphatic rings. The van der Waals surface area contributed by atoms with Crippen LogP contribution >= 0.6 is 0 Å². The molecule has 3 atom stereocenters. The summed E-state index contributed by atoms with van der Waals surface area (Å²) < 4.78 is 19.1. The van der Waals surface area contributed by atoms with Gasteiger partial charge in [0.05, 0.1) is 18.6 Å². The summed E-state index contributed by atoms with van der Waals surface area (Å²) in [7, 11) is 0. The fourth-order valence-electron chi connectivity index (χ4n) is 4.21. The number of hydrogen-bond donors (Lipinski definition) is 0. The van der Waals surface area contributed by atoms with Gasteiger partial charge in [0.2, 0.25) is 0 Å².